The number of amides is 1. The Hall–Kier alpha value is -4.51. The van der Waals surface area contributed by atoms with Crippen molar-refractivity contribution < 1.29 is 9.18 Å². The molecule has 1 aliphatic rings. The van der Waals surface area contributed by atoms with Gasteiger partial charge in [0.25, 0.3) is 11.1 Å². The number of benzene rings is 2. The summed E-state index contributed by atoms with van der Waals surface area (Å²) in [6, 6.07) is 11.1. The Morgan fingerprint density at radius 2 is 1.79 bits per heavy atom. The van der Waals surface area contributed by atoms with E-state index in [1.165, 1.54) is 26.8 Å². The van der Waals surface area contributed by atoms with Gasteiger partial charge in [0.1, 0.15) is 17.0 Å². The van der Waals surface area contributed by atoms with Crippen molar-refractivity contribution in [2.45, 2.75) is 45.6 Å². The van der Waals surface area contributed by atoms with E-state index >= 15 is 0 Å². The highest BCUT2D eigenvalue weighted by Crippen LogP contribution is 2.34. The molecule has 0 aliphatic heterocycles. The van der Waals surface area contributed by atoms with E-state index in [4.69, 9.17) is 0 Å². The number of hydrogen-bond acceptors (Lipinski definition) is 6. The van der Waals surface area contributed by atoms with E-state index in [2.05, 4.69) is 10.6 Å². The lowest BCUT2D eigenvalue weighted by Gasteiger charge is -2.21. The average Bonchev–Trinajstić information content (AvgIpc) is 3.76. The summed E-state index contributed by atoms with van der Waals surface area (Å²) in [6.45, 7) is 4.10. The van der Waals surface area contributed by atoms with Gasteiger partial charge in [0, 0.05) is 30.8 Å². The summed E-state index contributed by atoms with van der Waals surface area (Å²) >= 11 is 0. The van der Waals surface area contributed by atoms with Gasteiger partial charge in [0.05, 0.1) is 16.9 Å². The lowest BCUT2D eigenvalue weighted by atomic mass is 10.1. The number of nitrogens with one attached hydrogen (secondary N) is 2. The Kier molecular flexibility index (Phi) is 7.87. The van der Waals surface area contributed by atoms with Crippen molar-refractivity contribution in [2.24, 2.45) is 7.05 Å². The molecule has 0 saturated heterocycles. The predicted molar refractivity (Wildman–Crippen MR) is 163 cm³/mol. The summed E-state index contributed by atoms with van der Waals surface area (Å²) in [5.41, 5.74) is 0.431. The number of hydrogen-bond donors (Lipinski definition) is 2. The van der Waals surface area contributed by atoms with Gasteiger partial charge in [-0.3, -0.25) is 28.1 Å². The molecule has 0 spiro atoms. The van der Waals surface area contributed by atoms with Crippen LogP contribution in [0.25, 0.3) is 16.6 Å². The predicted octanol–water partition coefficient (Wildman–Crippen LogP) is 3.97. The van der Waals surface area contributed by atoms with Crippen LogP contribution in [0.3, 0.4) is 0 Å². The molecule has 0 bridgehead atoms. The Morgan fingerprint density at radius 1 is 1.05 bits per heavy atom. The van der Waals surface area contributed by atoms with Crippen molar-refractivity contribution >= 4 is 34.0 Å². The molecule has 5 rings (SSSR count). The van der Waals surface area contributed by atoms with Crippen molar-refractivity contribution in [3.8, 4) is 5.69 Å². The fraction of sp³-hybridized carbons (Fsp3) is 0.355. The van der Waals surface area contributed by atoms with Gasteiger partial charge in [0.2, 0.25) is 5.91 Å². The molecule has 1 amide bonds. The second kappa shape index (κ2) is 11.4. The summed E-state index contributed by atoms with van der Waals surface area (Å²) in [5, 5.41) is 5.95. The molecule has 0 radical (unpaired) electrons. The summed E-state index contributed by atoms with van der Waals surface area (Å²) in [4.78, 5) is 56.0. The molecular formula is C31H35FN6O4. The van der Waals surface area contributed by atoms with Gasteiger partial charge in [-0.15, -0.1) is 0 Å². The van der Waals surface area contributed by atoms with Crippen molar-refractivity contribution in [1.82, 2.24) is 18.6 Å². The van der Waals surface area contributed by atoms with Crippen LogP contribution >= 0.6 is 0 Å². The Bertz CT molecular complexity index is 1880. The first-order chi connectivity index (χ1) is 20.0. The SMILES string of the molecule is Cc1ccc(Nc2c3c(=O)n(C4CC4)c(=O)n(-c4cccc(NC(=O)CCCN(C)C)c4)c3c(C)c(=O)n2C)c(F)c1. The maximum absolute atomic E-state index is 14.9. The lowest BCUT2D eigenvalue weighted by Crippen LogP contribution is -2.41. The highest BCUT2D eigenvalue weighted by atomic mass is 19.1. The van der Waals surface area contributed by atoms with Crippen LogP contribution < -0.4 is 27.4 Å². The maximum atomic E-state index is 14.9. The van der Waals surface area contributed by atoms with E-state index in [-0.39, 0.29) is 39.9 Å². The van der Waals surface area contributed by atoms with Gasteiger partial charge < -0.3 is 15.5 Å². The number of fused-ring (bicyclic) bond motifs is 1. The number of carbonyl (C=O) groups excluding carboxylic acids is 1. The minimum Gasteiger partial charge on any atom is -0.338 e. The molecule has 1 aliphatic carbocycles. The van der Waals surface area contributed by atoms with E-state index in [9.17, 15) is 23.6 Å². The number of rotatable bonds is 9. The quantitative estimate of drug-likeness (QED) is 0.313. The van der Waals surface area contributed by atoms with Crippen molar-refractivity contribution in [3.05, 3.63) is 90.6 Å². The third-order valence-electron chi connectivity index (χ3n) is 7.53. The molecular weight excluding hydrogens is 539 g/mol. The Labute approximate surface area is 242 Å². The third kappa shape index (κ3) is 5.52. The third-order valence-corrected chi connectivity index (χ3v) is 7.53. The van der Waals surface area contributed by atoms with Crippen LogP contribution in [0.4, 0.5) is 21.6 Å². The zero-order valence-electron chi connectivity index (χ0n) is 24.5. The number of aromatic nitrogens is 3. The minimum atomic E-state index is -0.576. The van der Waals surface area contributed by atoms with E-state index in [0.29, 0.717) is 37.1 Å². The molecule has 4 aromatic rings. The van der Waals surface area contributed by atoms with Crippen LogP contribution in [0.15, 0.2) is 56.8 Å². The number of carbonyl (C=O) groups is 1. The highest BCUT2D eigenvalue weighted by molar-refractivity contribution is 5.94. The van der Waals surface area contributed by atoms with Gasteiger partial charge in [0.15, 0.2) is 0 Å². The topological polar surface area (TPSA) is 110 Å². The fourth-order valence-electron chi connectivity index (χ4n) is 5.21. The van der Waals surface area contributed by atoms with Crippen LogP contribution in [0.2, 0.25) is 0 Å². The van der Waals surface area contributed by atoms with Crippen LogP contribution in [0.5, 0.6) is 0 Å². The zero-order valence-corrected chi connectivity index (χ0v) is 24.5. The van der Waals surface area contributed by atoms with Crippen molar-refractivity contribution in [3.63, 3.8) is 0 Å². The molecule has 42 heavy (non-hydrogen) atoms. The standard InChI is InChI=1S/C31H35FN6O4/c1-18-11-14-24(23(32)16-18)34-28-26-27(19(2)29(40)36(28)5)37(31(42)38(30(26)41)21-12-13-21)22-9-6-8-20(17-22)33-25(39)10-7-15-35(3)4/h6,8-9,11,14,16-17,21,34H,7,10,12-13,15H2,1-5H3,(H,33,39). The second-order valence-corrected chi connectivity index (χ2v) is 11.2. The zero-order chi connectivity index (χ0) is 30.3. The molecule has 0 atom stereocenters. The van der Waals surface area contributed by atoms with Gasteiger partial charge in [-0.2, -0.15) is 0 Å². The number of halogens is 1. The van der Waals surface area contributed by atoms with Gasteiger partial charge >= 0.3 is 5.69 Å². The van der Waals surface area contributed by atoms with Crippen LogP contribution in [-0.4, -0.2) is 45.1 Å². The smallest absolute Gasteiger partial charge is 0.336 e. The molecule has 2 heterocycles. The van der Waals surface area contributed by atoms with Crippen molar-refractivity contribution in [2.75, 3.05) is 31.3 Å². The number of nitrogens with zero attached hydrogens (tertiary/aromatic N) is 4. The molecule has 220 valence electrons. The Morgan fingerprint density at radius 3 is 2.45 bits per heavy atom. The maximum Gasteiger partial charge on any atom is 0.336 e. The molecule has 2 aromatic heterocycles. The van der Waals surface area contributed by atoms with E-state index in [1.807, 2.05) is 19.0 Å². The Balaban J connectivity index is 1.72. The normalized spacial score (nSPS) is 13.1. The van der Waals surface area contributed by atoms with E-state index in [1.54, 1.807) is 50.2 Å². The lowest BCUT2D eigenvalue weighted by molar-refractivity contribution is -0.116. The molecule has 1 fully saturated rings. The summed E-state index contributed by atoms with van der Waals surface area (Å²) in [6.07, 6.45) is 2.36. The second-order valence-electron chi connectivity index (χ2n) is 11.2. The first-order valence-electron chi connectivity index (χ1n) is 14.0. The monoisotopic (exact) mass is 574 g/mol. The number of anilines is 3. The fourth-order valence-corrected chi connectivity index (χ4v) is 5.21. The molecule has 10 nitrogen and oxygen atoms in total. The van der Waals surface area contributed by atoms with E-state index in [0.717, 1.165) is 12.1 Å². The molecule has 2 aromatic carbocycles. The number of pyridine rings is 1. The summed E-state index contributed by atoms with van der Waals surface area (Å²) < 4.78 is 18.8. The first kappa shape index (κ1) is 29.0. The van der Waals surface area contributed by atoms with Crippen molar-refractivity contribution in [1.29, 1.82) is 0 Å². The molecule has 1 saturated carbocycles. The van der Waals surface area contributed by atoms with Crippen LogP contribution in [-0.2, 0) is 11.8 Å². The largest absolute Gasteiger partial charge is 0.338 e. The first-order valence-corrected chi connectivity index (χ1v) is 14.0. The summed E-state index contributed by atoms with van der Waals surface area (Å²) in [7, 11) is 5.39. The van der Waals surface area contributed by atoms with E-state index < -0.39 is 22.6 Å². The molecule has 2 N–H and O–H groups in total. The average molecular weight is 575 g/mol. The van der Waals surface area contributed by atoms with Crippen LogP contribution in [0.1, 0.15) is 42.9 Å². The van der Waals surface area contributed by atoms with Gasteiger partial charge in [-0.1, -0.05) is 12.1 Å². The van der Waals surface area contributed by atoms with Crippen LogP contribution in [0, 0.1) is 19.7 Å². The van der Waals surface area contributed by atoms with Gasteiger partial charge in [-0.05, 0) is 89.6 Å². The summed E-state index contributed by atoms with van der Waals surface area (Å²) in [5.74, 6) is -0.617. The highest BCUT2D eigenvalue weighted by Gasteiger charge is 2.31. The molecule has 0 unspecified atom stereocenters. The number of aryl methyl sites for hydroxylation is 2. The minimum absolute atomic E-state index is 0.0850. The van der Waals surface area contributed by atoms with Gasteiger partial charge in [-0.25, -0.2) is 9.18 Å². The molecule has 11 heteroatoms.